The van der Waals surface area contributed by atoms with E-state index in [2.05, 4.69) is 0 Å². The first-order valence-electron chi connectivity index (χ1n) is 3.94. The van der Waals surface area contributed by atoms with Gasteiger partial charge in [-0.15, -0.1) is 0 Å². The summed E-state index contributed by atoms with van der Waals surface area (Å²) in [5, 5.41) is 17.5. The molecule has 78 valence electrons. The highest BCUT2D eigenvalue weighted by Crippen LogP contribution is 2.11. The number of allylic oxidation sites excluding steroid dienone is 1. The minimum Gasteiger partial charge on any atom is -0.502 e. The topological polar surface area (TPSA) is 74.6 Å². The second-order valence-corrected chi connectivity index (χ2v) is 3.15. The third kappa shape index (κ3) is 3.11. The lowest BCUT2D eigenvalue weighted by Gasteiger charge is -1.96. The number of benzene rings is 1. The number of ketones is 1. The zero-order chi connectivity index (χ0) is 11.4. The van der Waals surface area contributed by atoms with Crippen molar-refractivity contribution in [2.45, 2.75) is 0 Å². The van der Waals surface area contributed by atoms with Crippen LogP contribution >= 0.6 is 11.6 Å². The summed E-state index contributed by atoms with van der Waals surface area (Å²) in [5.74, 6) is -3.16. The summed E-state index contributed by atoms with van der Waals surface area (Å²) in [6.07, 6.45) is 0.633. The first-order valence-corrected chi connectivity index (χ1v) is 4.32. The van der Waals surface area contributed by atoms with E-state index in [-0.39, 0.29) is 5.56 Å². The monoisotopic (exact) mass is 226 g/mol. The molecule has 0 radical (unpaired) electrons. The maximum Gasteiger partial charge on any atom is 0.371 e. The van der Waals surface area contributed by atoms with E-state index in [1.807, 2.05) is 0 Å². The van der Waals surface area contributed by atoms with Gasteiger partial charge in [-0.25, -0.2) is 4.79 Å². The second kappa shape index (κ2) is 4.61. The van der Waals surface area contributed by atoms with Gasteiger partial charge < -0.3 is 10.2 Å². The molecule has 0 amide bonds. The highest BCUT2D eigenvalue weighted by atomic mass is 35.5. The second-order valence-electron chi connectivity index (χ2n) is 2.71. The van der Waals surface area contributed by atoms with Crippen molar-refractivity contribution in [2.75, 3.05) is 0 Å². The molecule has 0 aromatic heterocycles. The van der Waals surface area contributed by atoms with Crippen LogP contribution in [-0.2, 0) is 4.79 Å². The highest BCUT2D eigenvalue weighted by molar-refractivity contribution is 6.31. The van der Waals surface area contributed by atoms with E-state index in [1.54, 1.807) is 12.1 Å². The Morgan fingerprint density at radius 2 is 1.93 bits per heavy atom. The Balaban J connectivity index is 2.96. The van der Waals surface area contributed by atoms with Crippen LogP contribution in [0.25, 0.3) is 0 Å². The predicted molar refractivity (Wildman–Crippen MR) is 54.1 cm³/mol. The lowest BCUT2D eigenvalue weighted by Crippen LogP contribution is -2.03. The molecule has 0 aliphatic carbocycles. The number of carboxylic acids is 1. The average molecular weight is 227 g/mol. The fourth-order valence-electron chi connectivity index (χ4n) is 0.911. The summed E-state index contributed by atoms with van der Waals surface area (Å²) in [7, 11) is 0. The van der Waals surface area contributed by atoms with Crippen molar-refractivity contribution in [3.8, 4) is 0 Å². The van der Waals surface area contributed by atoms with Gasteiger partial charge in [-0.3, -0.25) is 4.79 Å². The Labute approximate surface area is 90.4 Å². The van der Waals surface area contributed by atoms with Crippen molar-refractivity contribution in [3.63, 3.8) is 0 Å². The van der Waals surface area contributed by atoms with Crippen LogP contribution < -0.4 is 0 Å². The van der Waals surface area contributed by atoms with Crippen molar-refractivity contribution in [1.82, 2.24) is 0 Å². The zero-order valence-electron chi connectivity index (χ0n) is 7.48. The van der Waals surface area contributed by atoms with Crippen LogP contribution in [0.15, 0.2) is 36.1 Å². The Morgan fingerprint density at radius 1 is 1.27 bits per heavy atom. The van der Waals surface area contributed by atoms with Crippen LogP contribution in [0, 0.1) is 0 Å². The molecule has 0 unspecified atom stereocenters. The Hall–Kier alpha value is -1.81. The summed E-state index contributed by atoms with van der Waals surface area (Å²) in [5.41, 5.74) is 0.218. The molecule has 0 aliphatic heterocycles. The summed E-state index contributed by atoms with van der Waals surface area (Å²) in [6, 6.07) is 6.00. The van der Waals surface area contributed by atoms with Crippen LogP contribution in [0.1, 0.15) is 10.4 Å². The molecule has 0 fully saturated rings. The number of carboxylic acid groups (broad SMARTS) is 1. The largest absolute Gasteiger partial charge is 0.502 e. The Kier molecular flexibility index (Phi) is 3.46. The van der Waals surface area contributed by atoms with E-state index in [0.717, 1.165) is 0 Å². The third-order valence-corrected chi connectivity index (χ3v) is 1.83. The van der Waals surface area contributed by atoms with E-state index in [1.165, 1.54) is 12.1 Å². The van der Waals surface area contributed by atoms with Gasteiger partial charge in [0.2, 0.25) is 5.76 Å². The molecule has 5 heteroatoms. The van der Waals surface area contributed by atoms with E-state index in [0.29, 0.717) is 11.1 Å². The molecule has 0 bridgehead atoms. The van der Waals surface area contributed by atoms with Crippen molar-refractivity contribution >= 4 is 23.4 Å². The van der Waals surface area contributed by atoms with Crippen molar-refractivity contribution in [2.24, 2.45) is 0 Å². The standard InChI is InChI=1S/C10H7ClO4/c11-7-3-1-2-6(4-7)8(12)5-9(13)10(14)15/h1-5,13H,(H,14,15)/b9-5-. The maximum atomic E-state index is 11.4. The number of aliphatic hydroxyl groups is 1. The van der Waals surface area contributed by atoms with Gasteiger partial charge in [-0.1, -0.05) is 23.7 Å². The molecule has 2 N–H and O–H groups in total. The van der Waals surface area contributed by atoms with Crippen LogP contribution in [0.2, 0.25) is 5.02 Å². The first-order chi connectivity index (χ1) is 7.00. The summed E-state index contributed by atoms with van der Waals surface area (Å²) < 4.78 is 0. The normalized spacial score (nSPS) is 11.1. The number of hydrogen-bond donors (Lipinski definition) is 2. The molecule has 1 aromatic carbocycles. The number of carbonyl (C=O) groups is 2. The fourth-order valence-corrected chi connectivity index (χ4v) is 1.10. The van der Waals surface area contributed by atoms with Gasteiger partial charge in [0.1, 0.15) is 0 Å². The molecule has 4 nitrogen and oxygen atoms in total. The Bertz CT molecular complexity index is 437. The van der Waals surface area contributed by atoms with Crippen LogP contribution in [0.4, 0.5) is 0 Å². The lowest BCUT2D eigenvalue weighted by molar-refractivity contribution is -0.135. The zero-order valence-corrected chi connectivity index (χ0v) is 8.23. The summed E-state index contributed by atoms with van der Waals surface area (Å²) in [4.78, 5) is 21.6. The molecule has 0 spiro atoms. The molecule has 0 atom stereocenters. The van der Waals surface area contributed by atoms with Crippen molar-refractivity contribution < 1.29 is 19.8 Å². The molecule has 0 saturated carbocycles. The van der Waals surface area contributed by atoms with Gasteiger partial charge in [0.05, 0.1) is 0 Å². The molecule has 1 aromatic rings. The van der Waals surface area contributed by atoms with Crippen LogP contribution in [0.5, 0.6) is 0 Å². The summed E-state index contributed by atoms with van der Waals surface area (Å²) >= 11 is 5.64. The van der Waals surface area contributed by atoms with Gasteiger partial charge >= 0.3 is 5.97 Å². The van der Waals surface area contributed by atoms with Crippen molar-refractivity contribution in [1.29, 1.82) is 0 Å². The molecule has 0 heterocycles. The molecule has 15 heavy (non-hydrogen) atoms. The number of hydrogen-bond acceptors (Lipinski definition) is 3. The predicted octanol–water partition coefficient (Wildman–Crippen LogP) is 2.05. The average Bonchev–Trinajstić information content (AvgIpc) is 2.17. The van der Waals surface area contributed by atoms with Crippen molar-refractivity contribution in [3.05, 3.63) is 46.7 Å². The van der Waals surface area contributed by atoms with E-state index < -0.39 is 17.5 Å². The number of aliphatic carboxylic acids is 1. The Morgan fingerprint density at radius 3 is 2.47 bits per heavy atom. The molecular weight excluding hydrogens is 220 g/mol. The quantitative estimate of drug-likeness (QED) is 0.470. The highest BCUT2D eigenvalue weighted by Gasteiger charge is 2.09. The number of carbonyl (C=O) groups excluding carboxylic acids is 1. The van der Waals surface area contributed by atoms with Crippen LogP contribution in [0.3, 0.4) is 0 Å². The minimum atomic E-state index is -1.55. The fraction of sp³-hybridized carbons (Fsp3) is 0. The van der Waals surface area contributed by atoms with E-state index in [4.69, 9.17) is 21.8 Å². The lowest BCUT2D eigenvalue weighted by atomic mass is 10.1. The van der Waals surface area contributed by atoms with Crippen LogP contribution in [-0.4, -0.2) is 22.0 Å². The smallest absolute Gasteiger partial charge is 0.371 e. The maximum absolute atomic E-state index is 11.4. The van der Waals surface area contributed by atoms with Gasteiger partial charge in [0.15, 0.2) is 5.78 Å². The van der Waals surface area contributed by atoms with E-state index in [9.17, 15) is 9.59 Å². The number of rotatable bonds is 3. The van der Waals surface area contributed by atoms with Gasteiger partial charge in [-0.05, 0) is 12.1 Å². The molecule has 0 aliphatic rings. The summed E-state index contributed by atoms with van der Waals surface area (Å²) in [6.45, 7) is 0. The van der Waals surface area contributed by atoms with Gasteiger partial charge in [0.25, 0.3) is 0 Å². The molecule has 0 saturated heterocycles. The molecular formula is C10H7ClO4. The first kappa shape index (κ1) is 11.3. The van der Waals surface area contributed by atoms with Gasteiger partial charge in [-0.2, -0.15) is 0 Å². The SMILES string of the molecule is O=C(O)/C(O)=C/C(=O)c1cccc(Cl)c1. The minimum absolute atomic E-state index is 0.218. The number of halogens is 1. The van der Waals surface area contributed by atoms with Gasteiger partial charge in [0, 0.05) is 16.7 Å². The third-order valence-electron chi connectivity index (χ3n) is 1.60. The van der Waals surface area contributed by atoms with E-state index >= 15 is 0 Å². The molecule has 1 rings (SSSR count). The number of aliphatic hydroxyl groups excluding tert-OH is 1.